The number of benzene rings is 2. The molecular formula is C29H34N2O8. The number of rotatable bonds is 11. The highest BCUT2D eigenvalue weighted by Crippen LogP contribution is 2.40. The Morgan fingerprint density at radius 1 is 1.03 bits per heavy atom. The van der Waals surface area contributed by atoms with E-state index in [2.05, 4.69) is 5.32 Å². The van der Waals surface area contributed by atoms with E-state index in [1.807, 2.05) is 12.1 Å². The third kappa shape index (κ3) is 7.44. The minimum atomic E-state index is -0.944. The monoisotopic (exact) mass is 538 g/mol. The standard InChI is InChI=1S/C29H34N2O8/c1-17(2)38-29(34)26-20(5)30-19(4)25(27(26)22-7-6-8-23(15-22)31(35)36)28(33)37-16-18(3)39-24-11-9-21(10-12-24)13-14-32/h6-12,15,17-18,27,30,32H,13-14,16H2,1-5H3. The van der Waals surface area contributed by atoms with Gasteiger partial charge in [0, 0.05) is 30.1 Å². The van der Waals surface area contributed by atoms with E-state index in [0.29, 0.717) is 29.1 Å². The number of allylic oxidation sites excluding steroid dienone is 2. The highest BCUT2D eigenvalue weighted by atomic mass is 16.6. The lowest BCUT2D eigenvalue weighted by atomic mass is 9.80. The van der Waals surface area contributed by atoms with Crippen molar-refractivity contribution in [2.45, 2.75) is 59.2 Å². The Morgan fingerprint density at radius 2 is 1.67 bits per heavy atom. The third-order valence-corrected chi connectivity index (χ3v) is 6.07. The summed E-state index contributed by atoms with van der Waals surface area (Å²) in [5, 5.41) is 23.6. The van der Waals surface area contributed by atoms with Crippen LogP contribution in [0.15, 0.2) is 71.1 Å². The zero-order chi connectivity index (χ0) is 28.7. The topological polar surface area (TPSA) is 137 Å². The van der Waals surface area contributed by atoms with Gasteiger partial charge in [0.2, 0.25) is 0 Å². The van der Waals surface area contributed by atoms with Gasteiger partial charge in [-0.2, -0.15) is 0 Å². The summed E-state index contributed by atoms with van der Waals surface area (Å²) in [6, 6.07) is 13.1. The zero-order valence-electron chi connectivity index (χ0n) is 22.7. The average molecular weight is 539 g/mol. The van der Waals surface area contributed by atoms with E-state index >= 15 is 0 Å². The Balaban J connectivity index is 1.87. The van der Waals surface area contributed by atoms with Crippen LogP contribution in [0, 0.1) is 10.1 Å². The van der Waals surface area contributed by atoms with Gasteiger partial charge < -0.3 is 24.6 Å². The van der Waals surface area contributed by atoms with Crippen LogP contribution in [0.4, 0.5) is 5.69 Å². The van der Waals surface area contributed by atoms with E-state index in [-0.39, 0.29) is 30.0 Å². The molecule has 0 bridgehead atoms. The van der Waals surface area contributed by atoms with Gasteiger partial charge in [0.1, 0.15) is 18.5 Å². The van der Waals surface area contributed by atoms with Gasteiger partial charge in [-0.25, -0.2) is 9.59 Å². The molecule has 2 aromatic rings. The second-order valence-electron chi connectivity index (χ2n) is 9.59. The number of nitro groups is 1. The number of nitro benzene ring substituents is 1. The Labute approximate surface area is 227 Å². The van der Waals surface area contributed by atoms with Crippen molar-refractivity contribution < 1.29 is 33.8 Å². The molecule has 1 heterocycles. The first-order valence-electron chi connectivity index (χ1n) is 12.7. The number of ether oxygens (including phenoxy) is 3. The average Bonchev–Trinajstić information content (AvgIpc) is 2.87. The first-order chi connectivity index (χ1) is 18.5. The van der Waals surface area contributed by atoms with Crippen molar-refractivity contribution in [2.75, 3.05) is 13.2 Å². The number of hydrogen-bond acceptors (Lipinski definition) is 9. The van der Waals surface area contributed by atoms with Crippen LogP contribution < -0.4 is 10.1 Å². The summed E-state index contributed by atoms with van der Waals surface area (Å²) in [6.45, 7) is 8.53. The lowest BCUT2D eigenvalue weighted by Gasteiger charge is -2.31. The van der Waals surface area contributed by atoms with Crippen LogP contribution in [-0.2, 0) is 25.5 Å². The molecule has 0 aliphatic carbocycles. The van der Waals surface area contributed by atoms with Crippen LogP contribution in [0.5, 0.6) is 5.75 Å². The maximum atomic E-state index is 13.5. The normalized spacial score (nSPS) is 16.0. The smallest absolute Gasteiger partial charge is 0.337 e. The molecule has 1 aliphatic heterocycles. The Hall–Kier alpha value is -4.18. The second kappa shape index (κ2) is 13.1. The summed E-state index contributed by atoms with van der Waals surface area (Å²) in [4.78, 5) is 37.6. The molecule has 39 heavy (non-hydrogen) atoms. The predicted molar refractivity (Wildman–Crippen MR) is 144 cm³/mol. The number of esters is 2. The molecule has 0 spiro atoms. The fourth-order valence-corrected chi connectivity index (χ4v) is 4.36. The van der Waals surface area contributed by atoms with Crippen molar-refractivity contribution >= 4 is 17.6 Å². The number of aliphatic hydroxyl groups excluding tert-OH is 1. The number of nitrogens with zero attached hydrogens (tertiary/aromatic N) is 1. The quantitative estimate of drug-likeness (QED) is 0.243. The Morgan fingerprint density at radius 3 is 2.26 bits per heavy atom. The van der Waals surface area contributed by atoms with Gasteiger partial charge >= 0.3 is 11.9 Å². The number of aliphatic hydroxyl groups is 1. The second-order valence-corrected chi connectivity index (χ2v) is 9.59. The molecule has 1 aliphatic rings. The first-order valence-corrected chi connectivity index (χ1v) is 12.7. The maximum Gasteiger partial charge on any atom is 0.337 e. The molecule has 2 unspecified atom stereocenters. The van der Waals surface area contributed by atoms with Crippen LogP contribution in [0.2, 0.25) is 0 Å². The molecule has 10 heteroatoms. The Bertz CT molecular complexity index is 1280. The van der Waals surface area contributed by atoms with Crippen molar-refractivity contribution in [3.63, 3.8) is 0 Å². The first kappa shape index (κ1) is 29.4. The molecule has 3 rings (SSSR count). The van der Waals surface area contributed by atoms with Gasteiger partial charge in [0.15, 0.2) is 0 Å². The highest BCUT2D eigenvalue weighted by molar-refractivity contribution is 6.00. The molecule has 0 saturated carbocycles. The van der Waals surface area contributed by atoms with Gasteiger partial charge in [-0.15, -0.1) is 0 Å². The van der Waals surface area contributed by atoms with Crippen LogP contribution in [0.25, 0.3) is 0 Å². The van der Waals surface area contributed by atoms with Crippen molar-refractivity contribution in [3.05, 3.63) is 92.3 Å². The molecule has 0 aromatic heterocycles. The van der Waals surface area contributed by atoms with Crippen molar-refractivity contribution in [3.8, 4) is 5.75 Å². The summed E-state index contributed by atoms with van der Waals surface area (Å²) in [5.41, 5.74) is 2.46. The van der Waals surface area contributed by atoms with Crippen molar-refractivity contribution in [2.24, 2.45) is 0 Å². The SMILES string of the molecule is CC1=C(C(=O)OCC(C)Oc2ccc(CCO)cc2)C(c2cccc([N+](=O)[O-])c2)C(C(=O)OC(C)C)=C(C)N1. The van der Waals surface area contributed by atoms with E-state index in [1.54, 1.807) is 52.8 Å². The summed E-state index contributed by atoms with van der Waals surface area (Å²) in [7, 11) is 0. The summed E-state index contributed by atoms with van der Waals surface area (Å²) in [6.07, 6.45) is -0.363. The van der Waals surface area contributed by atoms with Gasteiger partial charge in [-0.3, -0.25) is 10.1 Å². The van der Waals surface area contributed by atoms with Gasteiger partial charge in [0.25, 0.3) is 5.69 Å². The lowest BCUT2D eigenvalue weighted by Crippen LogP contribution is -2.34. The van der Waals surface area contributed by atoms with E-state index in [9.17, 15) is 19.7 Å². The molecular weight excluding hydrogens is 504 g/mol. The number of carbonyl (C=O) groups is 2. The number of hydrogen-bond donors (Lipinski definition) is 2. The predicted octanol–water partition coefficient (Wildman–Crippen LogP) is 4.33. The fourth-order valence-electron chi connectivity index (χ4n) is 4.36. The summed E-state index contributed by atoms with van der Waals surface area (Å²) >= 11 is 0. The maximum absolute atomic E-state index is 13.5. The molecule has 0 radical (unpaired) electrons. The highest BCUT2D eigenvalue weighted by Gasteiger charge is 2.39. The van der Waals surface area contributed by atoms with Gasteiger partial charge in [-0.05, 0) is 64.3 Å². The molecule has 2 N–H and O–H groups in total. The van der Waals surface area contributed by atoms with E-state index in [4.69, 9.17) is 19.3 Å². The molecule has 10 nitrogen and oxygen atoms in total. The minimum absolute atomic E-state index is 0.0552. The lowest BCUT2D eigenvalue weighted by molar-refractivity contribution is -0.384. The number of carbonyl (C=O) groups excluding carboxylic acids is 2. The van der Waals surface area contributed by atoms with Crippen LogP contribution >= 0.6 is 0 Å². The van der Waals surface area contributed by atoms with Crippen molar-refractivity contribution in [1.82, 2.24) is 5.32 Å². The van der Waals surface area contributed by atoms with Gasteiger partial charge in [0.05, 0.1) is 28.1 Å². The number of dihydropyridines is 1. The van der Waals surface area contributed by atoms with Crippen molar-refractivity contribution in [1.29, 1.82) is 0 Å². The molecule has 208 valence electrons. The van der Waals surface area contributed by atoms with Crippen LogP contribution in [0.3, 0.4) is 0 Å². The number of non-ortho nitro benzene ring substituents is 1. The van der Waals surface area contributed by atoms with E-state index < -0.39 is 35.0 Å². The number of nitrogens with one attached hydrogen (secondary N) is 1. The summed E-state index contributed by atoms with van der Waals surface area (Å²) in [5.74, 6) is -1.68. The third-order valence-electron chi connectivity index (χ3n) is 6.07. The van der Waals surface area contributed by atoms with Gasteiger partial charge in [-0.1, -0.05) is 24.3 Å². The zero-order valence-corrected chi connectivity index (χ0v) is 22.7. The summed E-state index contributed by atoms with van der Waals surface area (Å²) < 4.78 is 16.9. The largest absolute Gasteiger partial charge is 0.487 e. The molecule has 0 amide bonds. The van der Waals surface area contributed by atoms with Crippen LogP contribution in [0.1, 0.15) is 51.7 Å². The van der Waals surface area contributed by atoms with E-state index in [0.717, 1.165) is 5.56 Å². The molecule has 0 saturated heterocycles. The molecule has 2 aromatic carbocycles. The molecule has 2 atom stereocenters. The molecule has 0 fully saturated rings. The van der Waals surface area contributed by atoms with Crippen LogP contribution in [-0.4, -0.2) is 47.4 Å². The minimum Gasteiger partial charge on any atom is -0.487 e. The van der Waals surface area contributed by atoms with E-state index in [1.165, 1.54) is 18.2 Å². The Kier molecular flexibility index (Phi) is 9.84. The fraction of sp³-hybridized carbons (Fsp3) is 0.379.